The molecule has 0 aromatic heterocycles. The van der Waals surface area contributed by atoms with Crippen LogP contribution in [-0.4, -0.2) is 10.9 Å². The van der Waals surface area contributed by atoms with Crippen LogP contribution in [0.4, 0.5) is 0 Å². The van der Waals surface area contributed by atoms with Gasteiger partial charge in [-0.15, -0.1) is 0 Å². The minimum atomic E-state index is 0.167. The molecule has 1 atom stereocenters. The van der Waals surface area contributed by atoms with Gasteiger partial charge in [-0.05, 0) is 89.0 Å². The van der Waals surface area contributed by atoms with Crippen molar-refractivity contribution in [3.05, 3.63) is 76.5 Å². The fraction of sp³-hybridized carbons (Fsp3) is 0.533. The Morgan fingerprint density at radius 3 is 2.32 bits per heavy atom. The Hall–Kier alpha value is -2.02. The summed E-state index contributed by atoms with van der Waals surface area (Å²) in [5.41, 5.74) is 11.2. The molecule has 0 fully saturated rings. The lowest BCUT2D eigenvalue weighted by Gasteiger charge is -2.47. The fourth-order valence-corrected chi connectivity index (χ4v) is 4.86. The number of aryl methyl sites for hydroxylation is 2. The van der Waals surface area contributed by atoms with E-state index in [9.17, 15) is 0 Å². The first-order valence-corrected chi connectivity index (χ1v) is 12.1. The Bertz CT molecular complexity index is 945. The largest absolute Gasteiger partial charge is 0.343 e. The van der Waals surface area contributed by atoms with Gasteiger partial charge in [0.15, 0.2) is 0 Å². The summed E-state index contributed by atoms with van der Waals surface area (Å²) in [6.07, 6.45) is 10.4. The van der Waals surface area contributed by atoms with E-state index in [-0.39, 0.29) is 5.41 Å². The van der Waals surface area contributed by atoms with Crippen molar-refractivity contribution in [1.82, 2.24) is 4.90 Å². The van der Waals surface area contributed by atoms with Gasteiger partial charge in [0.1, 0.15) is 0 Å². The van der Waals surface area contributed by atoms with Gasteiger partial charge in [0, 0.05) is 23.5 Å². The molecule has 1 unspecified atom stereocenters. The van der Waals surface area contributed by atoms with Gasteiger partial charge in [0.05, 0.1) is 0 Å². The molecule has 0 bridgehead atoms. The first-order chi connectivity index (χ1) is 14.4. The Kier molecular flexibility index (Phi) is 6.47. The van der Waals surface area contributed by atoms with Gasteiger partial charge < -0.3 is 4.90 Å². The van der Waals surface area contributed by atoms with Crippen LogP contribution < -0.4 is 0 Å². The highest BCUT2D eigenvalue weighted by Gasteiger charge is 2.38. The number of rotatable bonds is 6. The van der Waals surface area contributed by atoms with Crippen molar-refractivity contribution in [2.45, 2.75) is 93.5 Å². The van der Waals surface area contributed by atoms with Gasteiger partial charge in [-0.3, -0.25) is 0 Å². The van der Waals surface area contributed by atoms with Crippen molar-refractivity contribution < 1.29 is 0 Å². The summed E-state index contributed by atoms with van der Waals surface area (Å²) in [4.78, 5) is 2.51. The summed E-state index contributed by atoms with van der Waals surface area (Å²) >= 11 is 0. The lowest BCUT2D eigenvalue weighted by molar-refractivity contribution is 0.189. The molecule has 1 aromatic rings. The molecule has 168 valence electrons. The molecule has 2 aliphatic rings. The van der Waals surface area contributed by atoms with Crippen molar-refractivity contribution in [1.29, 1.82) is 0 Å². The second-order valence-corrected chi connectivity index (χ2v) is 11.5. The van der Waals surface area contributed by atoms with Crippen LogP contribution in [0.1, 0.15) is 90.5 Å². The Balaban J connectivity index is 2.10. The van der Waals surface area contributed by atoms with Crippen molar-refractivity contribution in [3.63, 3.8) is 0 Å². The van der Waals surface area contributed by atoms with E-state index in [0.717, 1.165) is 24.0 Å². The van der Waals surface area contributed by atoms with Crippen LogP contribution >= 0.6 is 0 Å². The zero-order chi connectivity index (χ0) is 23.1. The first-order valence-electron chi connectivity index (χ1n) is 12.1. The number of allylic oxidation sites excluding steroid dienone is 4. The summed E-state index contributed by atoms with van der Waals surface area (Å²) in [5, 5.41) is 0. The fourth-order valence-electron chi connectivity index (χ4n) is 4.86. The molecule has 0 saturated carbocycles. The Morgan fingerprint density at radius 1 is 1.10 bits per heavy atom. The molecule has 0 aliphatic carbocycles. The van der Waals surface area contributed by atoms with E-state index in [1.54, 1.807) is 5.56 Å². The number of hydrogen-bond donors (Lipinski definition) is 0. The summed E-state index contributed by atoms with van der Waals surface area (Å²) in [5.74, 6) is 0. The molecule has 31 heavy (non-hydrogen) atoms. The highest BCUT2D eigenvalue weighted by Crippen LogP contribution is 2.44. The van der Waals surface area contributed by atoms with Crippen LogP contribution in [0.3, 0.4) is 0 Å². The Morgan fingerprint density at radius 2 is 1.77 bits per heavy atom. The molecule has 3 rings (SSSR count). The van der Waals surface area contributed by atoms with E-state index in [1.807, 2.05) is 0 Å². The molecule has 1 heteroatoms. The maximum atomic E-state index is 4.36. The van der Waals surface area contributed by atoms with E-state index < -0.39 is 0 Å². The number of fused-ring (bicyclic) bond motifs is 3. The number of benzene rings is 1. The van der Waals surface area contributed by atoms with Crippen LogP contribution in [0.25, 0.3) is 5.70 Å². The topological polar surface area (TPSA) is 3.24 Å². The van der Waals surface area contributed by atoms with E-state index in [1.165, 1.54) is 47.2 Å². The first kappa shape index (κ1) is 23.6. The molecular formula is C30H43N. The van der Waals surface area contributed by atoms with Gasteiger partial charge >= 0.3 is 0 Å². The predicted octanol–water partition coefficient (Wildman–Crippen LogP) is 8.26. The van der Waals surface area contributed by atoms with Crippen LogP contribution in [0, 0.1) is 10.8 Å². The highest BCUT2D eigenvalue weighted by atomic mass is 15.2. The maximum absolute atomic E-state index is 4.36. The highest BCUT2D eigenvalue weighted by molar-refractivity contribution is 5.77. The quantitative estimate of drug-likeness (QED) is 0.450. The van der Waals surface area contributed by atoms with Crippen molar-refractivity contribution in [2.75, 3.05) is 0 Å². The van der Waals surface area contributed by atoms with E-state index >= 15 is 0 Å². The normalized spacial score (nSPS) is 18.9. The van der Waals surface area contributed by atoms with Crippen LogP contribution in [0.5, 0.6) is 0 Å². The number of hydrogen-bond acceptors (Lipinski definition) is 1. The second kappa shape index (κ2) is 8.49. The van der Waals surface area contributed by atoms with Gasteiger partial charge in [-0.1, -0.05) is 74.1 Å². The molecule has 0 spiro atoms. The monoisotopic (exact) mass is 417 g/mol. The standard InChI is InChI=1S/C30H43N/c1-11-22-17-25-24(16-23(22)13-14-30(9,10)12-2)18-28(29(6,7)8)31-19-26(20(3)4)21(5)15-27(25)31/h15-17,19,28H,3,5,11-14,18H2,1-2,4,6-10H3. The van der Waals surface area contributed by atoms with Crippen LogP contribution in [0.2, 0.25) is 0 Å². The van der Waals surface area contributed by atoms with Crippen molar-refractivity contribution in [2.24, 2.45) is 10.8 Å². The second-order valence-electron chi connectivity index (χ2n) is 11.5. The van der Waals surface area contributed by atoms with Crippen LogP contribution in [-0.2, 0) is 19.3 Å². The molecule has 2 aliphatic heterocycles. The average Bonchev–Trinajstić information content (AvgIpc) is 2.69. The van der Waals surface area contributed by atoms with E-state index in [0.29, 0.717) is 11.5 Å². The SMILES string of the molecule is C=C(C)C1=CN2C(=CC1=C)c1cc(CC)c(CCC(C)(C)CC)cc1CC2C(C)(C)C. The Labute approximate surface area is 191 Å². The summed E-state index contributed by atoms with van der Waals surface area (Å²) in [7, 11) is 0. The minimum absolute atomic E-state index is 0.167. The maximum Gasteiger partial charge on any atom is 0.0491 e. The predicted molar refractivity (Wildman–Crippen MR) is 137 cm³/mol. The van der Waals surface area contributed by atoms with Gasteiger partial charge in [-0.2, -0.15) is 0 Å². The molecule has 0 amide bonds. The van der Waals surface area contributed by atoms with Crippen molar-refractivity contribution in [3.8, 4) is 0 Å². The van der Waals surface area contributed by atoms with E-state index in [4.69, 9.17) is 0 Å². The summed E-state index contributed by atoms with van der Waals surface area (Å²) in [6.45, 7) is 27.1. The van der Waals surface area contributed by atoms with Crippen LogP contribution in [0.15, 0.2) is 54.3 Å². The average molecular weight is 418 g/mol. The van der Waals surface area contributed by atoms with Gasteiger partial charge in [0.2, 0.25) is 0 Å². The zero-order valence-corrected chi connectivity index (χ0v) is 21.3. The molecule has 0 radical (unpaired) electrons. The molecule has 1 nitrogen and oxygen atoms in total. The van der Waals surface area contributed by atoms with Gasteiger partial charge in [0.25, 0.3) is 0 Å². The molecule has 0 N–H and O–H groups in total. The third-order valence-corrected chi connectivity index (χ3v) is 7.52. The summed E-state index contributed by atoms with van der Waals surface area (Å²) in [6, 6.07) is 5.44. The lowest BCUT2D eigenvalue weighted by Crippen LogP contribution is -2.45. The van der Waals surface area contributed by atoms with E-state index in [2.05, 4.69) is 97.9 Å². The zero-order valence-electron chi connectivity index (χ0n) is 21.3. The minimum Gasteiger partial charge on any atom is -0.343 e. The third kappa shape index (κ3) is 4.76. The molecule has 1 aromatic carbocycles. The molecule has 2 heterocycles. The number of nitrogens with zero attached hydrogens (tertiary/aromatic N) is 1. The smallest absolute Gasteiger partial charge is 0.0491 e. The summed E-state index contributed by atoms with van der Waals surface area (Å²) < 4.78 is 0. The molecular weight excluding hydrogens is 374 g/mol. The lowest BCUT2D eigenvalue weighted by atomic mass is 9.75. The molecule has 0 saturated heterocycles. The third-order valence-electron chi connectivity index (χ3n) is 7.52. The van der Waals surface area contributed by atoms with Gasteiger partial charge in [-0.25, -0.2) is 0 Å². The van der Waals surface area contributed by atoms with Crippen molar-refractivity contribution >= 4 is 5.70 Å².